The summed E-state index contributed by atoms with van der Waals surface area (Å²) in [7, 11) is 0. The monoisotopic (exact) mass is 259 g/mol. The van der Waals surface area contributed by atoms with Crippen LogP contribution in [0.2, 0.25) is 0 Å². The van der Waals surface area contributed by atoms with Crippen LogP contribution in [0.1, 0.15) is 24.8 Å². The van der Waals surface area contributed by atoms with E-state index in [1.54, 1.807) is 0 Å². The van der Waals surface area contributed by atoms with Gasteiger partial charge in [-0.15, -0.1) is 0 Å². The first kappa shape index (κ1) is 12.7. The van der Waals surface area contributed by atoms with E-state index in [0.29, 0.717) is 18.4 Å². The summed E-state index contributed by atoms with van der Waals surface area (Å²) in [6, 6.07) is 8.13. The minimum absolute atomic E-state index is 0.334. The van der Waals surface area contributed by atoms with Gasteiger partial charge in [-0.3, -0.25) is 0 Å². The Morgan fingerprint density at radius 3 is 2.95 bits per heavy atom. The van der Waals surface area contributed by atoms with Gasteiger partial charge in [0.1, 0.15) is 5.58 Å². The van der Waals surface area contributed by atoms with Gasteiger partial charge in [-0.2, -0.15) is 0 Å². The molecule has 2 N–H and O–H groups in total. The lowest BCUT2D eigenvalue weighted by Crippen LogP contribution is -2.26. The highest BCUT2D eigenvalue weighted by Crippen LogP contribution is 2.30. The summed E-state index contributed by atoms with van der Waals surface area (Å²) in [6.45, 7) is 2.16. The van der Waals surface area contributed by atoms with Crippen LogP contribution < -0.4 is 5.32 Å². The van der Waals surface area contributed by atoms with Crippen LogP contribution in [-0.2, 0) is 6.54 Å². The summed E-state index contributed by atoms with van der Waals surface area (Å²) in [5.41, 5.74) is 2.17. The molecule has 1 saturated carbocycles. The SMILES string of the molecule is OCC1CCCC1CNCc1coc2ccccc12. The second-order valence-electron chi connectivity index (χ2n) is 5.52. The normalized spacial score (nSPS) is 23.2. The number of nitrogens with one attached hydrogen (secondary N) is 1. The molecule has 0 saturated heterocycles. The van der Waals surface area contributed by atoms with E-state index < -0.39 is 0 Å². The van der Waals surface area contributed by atoms with Gasteiger partial charge in [-0.05, 0) is 37.3 Å². The molecule has 3 nitrogen and oxygen atoms in total. The zero-order chi connectivity index (χ0) is 13.1. The van der Waals surface area contributed by atoms with Crippen LogP contribution in [0.25, 0.3) is 11.0 Å². The van der Waals surface area contributed by atoms with Crippen LogP contribution >= 0.6 is 0 Å². The Morgan fingerprint density at radius 2 is 2.05 bits per heavy atom. The van der Waals surface area contributed by atoms with Crippen LogP contribution in [0.15, 0.2) is 34.9 Å². The van der Waals surface area contributed by atoms with E-state index in [-0.39, 0.29) is 0 Å². The van der Waals surface area contributed by atoms with Gasteiger partial charge in [0, 0.05) is 24.1 Å². The van der Waals surface area contributed by atoms with E-state index in [1.165, 1.54) is 30.2 Å². The number of rotatable bonds is 5. The highest BCUT2D eigenvalue weighted by atomic mass is 16.3. The molecule has 1 aromatic carbocycles. The van der Waals surface area contributed by atoms with Gasteiger partial charge in [0.05, 0.1) is 6.26 Å². The molecule has 102 valence electrons. The Balaban J connectivity index is 1.57. The van der Waals surface area contributed by atoms with E-state index in [0.717, 1.165) is 18.7 Å². The number of aliphatic hydroxyl groups is 1. The Hall–Kier alpha value is -1.32. The number of para-hydroxylation sites is 1. The Morgan fingerprint density at radius 1 is 1.21 bits per heavy atom. The lowest BCUT2D eigenvalue weighted by molar-refractivity contribution is 0.192. The smallest absolute Gasteiger partial charge is 0.134 e. The molecule has 3 rings (SSSR count). The summed E-state index contributed by atoms with van der Waals surface area (Å²) >= 11 is 0. The minimum Gasteiger partial charge on any atom is -0.464 e. The fraction of sp³-hybridized carbons (Fsp3) is 0.500. The second-order valence-corrected chi connectivity index (χ2v) is 5.52. The van der Waals surface area contributed by atoms with Gasteiger partial charge in [0.15, 0.2) is 0 Å². The van der Waals surface area contributed by atoms with Crippen molar-refractivity contribution in [2.75, 3.05) is 13.2 Å². The van der Waals surface area contributed by atoms with Crippen molar-refractivity contribution in [3.05, 3.63) is 36.1 Å². The Labute approximate surface area is 113 Å². The van der Waals surface area contributed by atoms with E-state index in [1.807, 2.05) is 24.5 Å². The fourth-order valence-electron chi connectivity index (χ4n) is 3.18. The summed E-state index contributed by atoms with van der Waals surface area (Å²) in [5, 5.41) is 14.0. The predicted octanol–water partition coefficient (Wildman–Crippen LogP) is 2.93. The van der Waals surface area contributed by atoms with Crippen LogP contribution in [0, 0.1) is 11.8 Å². The number of fused-ring (bicyclic) bond motifs is 1. The van der Waals surface area contributed by atoms with Gasteiger partial charge in [0.2, 0.25) is 0 Å². The maximum absolute atomic E-state index is 9.32. The predicted molar refractivity (Wildman–Crippen MR) is 75.8 cm³/mol. The number of benzene rings is 1. The zero-order valence-corrected chi connectivity index (χ0v) is 11.1. The Bertz CT molecular complexity index is 534. The highest BCUT2D eigenvalue weighted by molar-refractivity contribution is 5.80. The molecule has 2 unspecified atom stereocenters. The average molecular weight is 259 g/mol. The molecular formula is C16H21NO2. The molecule has 2 aromatic rings. The second kappa shape index (κ2) is 5.76. The fourth-order valence-corrected chi connectivity index (χ4v) is 3.18. The zero-order valence-electron chi connectivity index (χ0n) is 11.1. The molecule has 19 heavy (non-hydrogen) atoms. The molecule has 1 fully saturated rings. The molecule has 2 atom stereocenters. The number of aliphatic hydroxyl groups excluding tert-OH is 1. The third-order valence-corrected chi connectivity index (χ3v) is 4.33. The van der Waals surface area contributed by atoms with Gasteiger partial charge in [-0.1, -0.05) is 24.6 Å². The first-order chi connectivity index (χ1) is 9.38. The lowest BCUT2D eigenvalue weighted by atomic mass is 9.97. The van der Waals surface area contributed by atoms with Crippen LogP contribution in [0.5, 0.6) is 0 Å². The van der Waals surface area contributed by atoms with Crippen molar-refractivity contribution < 1.29 is 9.52 Å². The summed E-state index contributed by atoms with van der Waals surface area (Å²) in [6.07, 6.45) is 5.52. The standard InChI is InChI=1S/C16H21NO2/c18-10-13-5-3-4-12(13)8-17-9-14-11-19-16-7-2-1-6-15(14)16/h1-2,6-7,11-13,17-18H,3-5,8-10H2. The quantitative estimate of drug-likeness (QED) is 0.867. The molecule has 1 aromatic heterocycles. The van der Waals surface area contributed by atoms with Crippen molar-refractivity contribution in [1.29, 1.82) is 0 Å². The van der Waals surface area contributed by atoms with Crippen LogP contribution in [0.4, 0.5) is 0 Å². The average Bonchev–Trinajstić information content (AvgIpc) is 3.06. The maximum Gasteiger partial charge on any atom is 0.134 e. The molecule has 3 heteroatoms. The third-order valence-electron chi connectivity index (χ3n) is 4.33. The molecular weight excluding hydrogens is 238 g/mol. The first-order valence-corrected chi connectivity index (χ1v) is 7.15. The minimum atomic E-state index is 0.334. The topological polar surface area (TPSA) is 45.4 Å². The number of hydrogen-bond acceptors (Lipinski definition) is 3. The van der Waals surface area contributed by atoms with E-state index >= 15 is 0 Å². The van der Waals surface area contributed by atoms with Crippen LogP contribution in [0.3, 0.4) is 0 Å². The lowest BCUT2D eigenvalue weighted by Gasteiger charge is -2.17. The molecule has 0 spiro atoms. The molecule has 1 heterocycles. The first-order valence-electron chi connectivity index (χ1n) is 7.15. The largest absolute Gasteiger partial charge is 0.464 e. The molecule has 1 aliphatic rings. The Kier molecular flexibility index (Phi) is 3.85. The third kappa shape index (κ3) is 2.67. The van der Waals surface area contributed by atoms with Crippen molar-refractivity contribution in [2.24, 2.45) is 11.8 Å². The van der Waals surface area contributed by atoms with Crippen molar-refractivity contribution in [1.82, 2.24) is 5.32 Å². The van der Waals surface area contributed by atoms with Gasteiger partial charge in [0.25, 0.3) is 0 Å². The van der Waals surface area contributed by atoms with Crippen molar-refractivity contribution in [3.63, 3.8) is 0 Å². The van der Waals surface area contributed by atoms with E-state index in [4.69, 9.17) is 4.42 Å². The molecule has 1 aliphatic carbocycles. The number of furan rings is 1. The summed E-state index contributed by atoms with van der Waals surface area (Å²) in [4.78, 5) is 0. The summed E-state index contributed by atoms with van der Waals surface area (Å²) < 4.78 is 5.53. The molecule has 0 radical (unpaired) electrons. The van der Waals surface area contributed by atoms with Crippen LogP contribution in [-0.4, -0.2) is 18.3 Å². The number of hydrogen-bond donors (Lipinski definition) is 2. The van der Waals surface area contributed by atoms with Gasteiger partial charge >= 0.3 is 0 Å². The van der Waals surface area contributed by atoms with Gasteiger partial charge < -0.3 is 14.8 Å². The van der Waals surface area contributed by atoms with E-state index in [2.05, 4.69) is 11.4 Å². The van der Waals surface area contributed by atoms with Crippen molar-refractivity contribution >= 4 is 11.0 Å². The van der Waals surface area contributed by atoms with Crippen molar-refractivity contribution in [3.8, 4) is 0 Å². The maximum atomic E-state index is 9.32. The van der Waals surface area contributed by atoms with Gasteiger partial charge in [-0.25, -0.2) is 0 Å². The molecule has 0 amide bonds. The molecule has 0 bridgehead atoms. The van der Waals surface area contributed by atoms with E-state index in [9.17, 15) is 5.11 Å². The van der Waals surface area contributed by atoms with Crippen molar-refractivity contribution in [2.45, 2.75) is 25.8 Å². The molecule has 0 aliphatic heterocycles. The highest BCUT2D eigenvalue weighted by Gasteiger charge is 2.25. The summed E-state index contributed by atoms with van der Waals surface area (Å²) in [5.74, 6) is 1.12.